The Bertz CT molecular complexity index is 61.9. The lowest BCUT2D eigenvalue weighted by atomic mass is 10.2. The normalized spacial score (nSPS) is 14.3. The van der Waals surface area contributed by atoms with Crippen molar-refractivity contribution >= 4 is 23.2 Å². The van der Waals surface area contributed by atoms with E-state index in [-0.39, 0.29) is 5.38 Å². The second kappa shape index (κ2) is 5.37. The zero-order valence-corrected chi connectivity index (χ0v) is 7.47. The molecule has 1 unspecified atom stereocenters. The molecular weight excluding hydrogens is 155 g/mol. The molecule has 1 radical (unpaired) electrons. The highest BCUT2D eigenvalue weighted by atomic mass is 35.5. The largest absolute Gasteiger partial charge is 0.121 e. The summed E-state index contributed by atoms with van der Waals surface area (Å²) >= 11 is 11.5. The molecule has 0 rings (SSSR count). The molecule has 0 aromatic rings. The molecule has 0 aromatic carbocycles. The summed E-state index contributed by atoms with van der Waals surface area (Å²) in [6.07, 6.45) is 3.36. The van der Waals surface area contributed by atoms with Crippen LogP contribution in [0.25, 0.3) is 0 Å². The monoisotopic (exact) mass is 167 g/mol. The zero-order valence-electron chi connectivity index (χ0n) is 5.95. The molecule has 0 aliphatic carbocycles. The third-order valence-electron chi connectivity index (χ3n) is 1.24. The highest BCUT2D eigenvalue weighted by Crippen LogP contribution is 2.21. The molecule has 0 aliphatic heterocycles. The molecule has 0 fully saturated rings. The summed E-state index contributed by atoms with van der Waals surface area (Å²) in [5.41, 5.74) is 0. The van der Waals surface area contributed by atoms with Gasteiger partial charge in [-0.2, -0.15) is 0 Å². The van der Waals surface area contributed by atoms with Crippen LogP contribution in [-0.2, 0) is 0 Å². The summed E-state index contributed by atoms with van der Waals surface area (Å²) in [4.78, 5) is 0. The van der Waals surface area contributed by atoms with Crippen LogP contribution >= 0.6 is 23.2 Å². The third-order valence-corrected chi connectivity index (χ3v) is 2.16. The van der Waals surface area contributed by atoms with E-state index in [1.54, 1.807) is 0 Å². The standard InChI is InChI=1S/C7H13Cl2/c1-3-4-5-7(9)6(2)8/h7H,3-5H2,1-2H3. The van der Waals surface area contributed by atoms with Gasteiger partial charge in [0.25, 0.3) is 0 Å². The van der Waals surface area contributed by atoms with Gasteiger partial charge in [-0.3, -0.25) is 0 Å². The zero-order chi connectivity index (χ0) is 7.28. The molecule has 0 aliphatic rings. The first-order valence-electron chi connectivity index (χ1n) is 3.31. The smallest absolute Gasteiger partial charge is 0.0784 e. The van der Waals surface area contributed by atoms with Gasteiger partial charge in [-0.25, -0.2) is 0 Å². The van der Waals surface area contributed by atoms with Crippen LogP contribution in [0, 0.1) is 5.38 Å². The van der Waals surface area contributed by atoms with Crippen LogP contribution in [0.4, 0.5) is 0 Å². The van der Waals surface area contributed by atoms with Gasteiger partial charge in [-0.05, 0) is 13.3 Å². The molecule has 0 nitrogen and oxygen atoms in total. The molecule has 0 amide bonds. The van der Waals surface area contributed by atoms with E-state index in [2.05, 4.69) is 6.92 Å². The SMILES string of the molecule is CCCCC(Cl)[C](C)Cl. The number of halogens is 2. The van der Waals surface area contributed by atoms with Crippen molar-refractivity contribution < 1.29 is 0 Å². The van der Waals surface area contributed by atoms with Gasteiger partial charge in [0.15, 0.2) is 0 Å². The number of alkyl halides is 1. The molecule has 9 heavy (non-hydrogen) atoms. The Morgan fingerprint density at radius 2 is 2.11 bits per heavy atom. The highest BCUT2D eigenvalue weighted by molar-refractivity contribution is 6.34. The number of rotatable bonds is 4. The minimum absolute atomic E-state index is 0.0756. The molecule has 0 spiro atoms. The molecule has 0 aromatic heterocycles. The fraction of sp³-hybridized carbons (Fsp3) is 0.857. The average molecular weight is 168 g/mol. The fourth-order valence-corrected chi connectivity index (χ4v) is 0.846. The van der Waals surface area contributed by atoms with Gasteiger partial charge >= 0.3 is 0 Å². The quantitative estimate of drug-likeness (QED) is 0.563. The van der Waals surface area contributed by atoms with Gasteiger partial charge < -0.3 is 0 Å². The van der Waals surface area contributed by atoms with Crippen LogP contribution < -0.4 is 0 Å². The maximum atomic E-state index is 5.83. The minimum atomic E-state index is 0.0756. The predicted molar refractivity (Wildman–Crippen MR) is 43.9 cm³/mol. The van der Waals surface area contributed by atoms with Crippen molar-refractivity contribution in [3.8, 4) is 0 Å². The Morgan fingerprint density at radius 3 is 2.44 bits per heavy atom. The Labute approximate surface area is 67.5 Å². The molecule has 0 saturated heterocycles. The Kier molecular flexibility index (Phi) is 5.72. The van der Waals surface area contributed by atoms with E-state index in [1.165, 1.54) is 6.42 Å². The summed E-state index contributed by atoms with van der Waals surface area (Å²) in [6.45, 7) is 4.00. The number of hydrogen-bond donors (Lipinski definition) is 0. The molecular formula is C7H13Cl2. The van der Waals surface area contributed by atoms with E-state index in [4.69, 9.17) is 23.2 Å². The highest BCUT2D eigenvalue weighted by Gasteiger charge is 2.10. The van der Waals surface area contributed by atoms with Crippen molar-refractivity contribution in [2.24, 2.45) is 0 Å². The molecule has 55 valence electrons. The van der Waals surface area contributed by atoms with Gasteiger partial charge in [0.2, 0.25) is 0 Å². The van der Waals surface area contributed by atoms with Gasteiger partial charge in [0.1, 0.15) is 0 Å². The van der Waals surface area contributed by atoms with Crippen LogP contribution in [0.1, 0.15) is 33.1 Å². The van der Waals surface area contributed by atoms with Gasteiger partial charge in [-0.1, -0.05) is 19.8 Å². The molecule has 0 N–H and O–H groups in total. The maximum absolute atomic E-state index is 5.83. The van der Waals surface area contributed by atoms with Gasteiger partial charge in [0, 0.05) is 0 Å². The average Bonchev–Trinajstić information content (AvgIpc) is 1.82. The third kappa shape index (κ3) is 5.05. The van der Waals surface area contributed by atoms with Crippen molar-refractivity contribution in [2.75, 3.05) is 0 Å². The van der Waals surface area contributed by atoms with E-state index >= 15 is 0 Å². The molecule has 0 saturated carbocycles. The second-order valence-electron chi connectivity index (χ2n) is 2.20. The number of unbranched alkanes of at least 4 members (excludes halogenated alkanes) is 1. The van der Waals surface area contributed by atoms with Gasteiger partial charge in [-0.15, -0.1) is 23.2 Å². The molecule has 2 heteroatoms. The minimum Gasteiger partial charge on any atom is -0.121 e. The Hall–Kier alpha value is 0.580. The van der Waals surface area contributed by atoms with Crippen molar-refractivity contribution in [1.82, 2.24) is 0 Å². The van der Waals surface area contributed by atoms with Gasteiger partial charge in [0.05, 0.1) is 10.8 Å². The first-order valence-corrected chi connectivity index (χ1v) is 4.13. The molecule has 0 heterocycles. The fourth-order valence-electron chi connectivity index (χ4n) is 0.582. The van der Waals surface area contributed by atoms with Crippen LogP contribution in [-0.4, -0.2) is 5.38 Å². The summed E-state index contributed by atoms with van der Waals surface area (Å²) < 4.78 is 0. The van der Waals surface area contributed by atoms with E-state index in [0.717, 1.165) is 18.2 Å². The lowest BCUT2D eigenvalue weighted by molar-refractivity contribution is 0.707. The summed E-state index contributed by atoms with van der Waals surface area (Å²) in [7, 11) is 0. The topological polar surface area (TPSA) is 0 Å². The van der Waals surface area contributed by atoms with Crippen LogP contribution in [0.2, 0.25) is 0 Å². The van der Waals surface area contributed by atoms with Crippen LogP contribution in [0.15, 0.2) is 0 Å². The first-order chi connectivity index (χ1) is 4.18. The Morgan fingerprint density at radius 1 is 1.56 bits per heavy atom. The molecule has 0 bridgehead atoms. The van der Waals surface area contributed by atoms with E-state index in [9.17, 15) is 0 Å². The first kappa shape index (κ1) is 9.58. The van der Waals surface area contributed by atoms with E-state index in [1.807, 2.05) is 6.92 Å². The summed E-state index contributed by atoms with van der Waals surface area (Å²) in [6, 6.07) is 0. The van der Waals surface area contributed by atoms with E-state index < -0.39 is 0 Å². The van der Waals surface area contributed by atoms with Crippen molar-refractivity contribution in [3.05, 3.63) is 5.38 Å². The van der Waals surface area contributed by atoms with Crippen molar-refractivity contribution in [3.63, 3.8) is 0 Å². The molecule has 1 atom stereocenters. The van der Waals surface area contributed by atoms with E-state index in [0.29, 0.717) is 0 Å². The Balaban J connectivity index is 3.16. The number of hydrogen-bond acceptors (Lipinski definition) is 0. The van der Waals surface area contributed by atoms with Crippen molar-refractivity contribution in [2.45, 2.75) is 38.5 Å². The maximum Gasteiger partial charge on any atom is 0.0784 e. The van der Waals surface area contributed by atoms with Crippen molar-refractivity contribution in [1.29, 1.82) is 0 Å². The lowest BCUT2D eigenvalue weighted by Gasteiger charge is -2.08. The van der Waals surface area contributed by atoms with Crippen LogP contribution in [0.5, 0.6) is 0 Å². The summed E-state index contributed by atoms with van der Waals surface area (Å²) in [5.74, 6) is 0. The lowest BCUT2D eigenvalue weighted by Crippen LogP contribution is -2.02. The predicted octanol–water partition coefficient (Wildman–Crippen LogP) is 3.57. The van der Waals surface area contributed by atoms with Crippen LogP contribution in [0.3, 0.4) is 0 Å². The second-order valence-corrected chi connectivity index (χ2v) is 3.32. The summed E-state index contributed by atoms with van der Waals surface area (Å²) in [5, 5.41) is 0.886.